The third-order valence-electron chi connectivity index (χ3n) is 4.88. The molecule has 0 saturated carbocycles. The number of hydrogen-bond donors (Lipinski definition) is 1. The number of nitrogens with two attached hydrogens (primary N) is 1. The van der Waals surface area contributed by atoms with Crippen LogP contribution in [-0.2, 0) is 10.2 Å². The van der Waals surface area contributed by atoms with Gasteiger partial charge in [0.25, 0.3) is 0 Å². The average molecular weight is 288 g/mol. The van der Waals surface area contributed by atoms with Gasteiger partial charge in [0.2, 0.25) is 5.91 Å². The Hall–Kier alpha value is -1.51. The van der Waals surface area contributed by atoms with Crippen LogP contribution >= 0.6 is 0 Å². The molecule has 0 aromatic heterocycles. The second-order valence-corrected chi connectivity index (χ2v) is 6.74. The van der Waals surface area contributed by atoms with Gasteiger partial charge in [-0.15, -0.1) is 0 Å². The minimum absolute atomic E-state index is 0.240. The molecule has 3 nitrogen and oxygen atoms in total. The number of carbonyl (C=O) groups is 1. The third-order valence-corrected chi connectivity index (χ3v) is 4.88. The van der Waals surface area contributed by atoms with Crippen molar-refractivity contribution in [2.24, 2.45) is 5.92 Å². The predicted molar refractivity (Wildman–Crippen MR) is 88.1 cm³/mol. The maximum absolute atomic E-state index is 12.9. The molecule has 0 spiro atoms. The fraction of sp³-hybridized carbons (Fsp3) is 0.611. The molecule has 0 bridgehead atoms. The van der Waals surface area contributed by atoms with Crippen LogP contribution in [-0.4, -0.2) is 23.9 Å². The molecule has 0 aliphatic carbocycles. The Kier molecular flexibility index (Phi) is 4.92. The average Bonchev–Trinajstić information content (AvgIpc) is 2.72. The SMILES string of the molecule is CCC1CCCN(C(=O)C(C)(C)c2ccc(N)cc2)CC1. The molecule has 1 amide bonds. The van der Waals surface area contributed by atoms with Gasteiger partial charge in [-0.3, -0.25) is 4.79 Å². The molecule has 1 aromatic rings. The first-order chi connectivity index (χ1) is 9.95. The first-order valence-electron chi connectivity index (χ1n) is 8.10. The van der Waals surface area contributed by atoms with Crippen LogP contribution in [0.5, 0.6) is 0 Å². The minimum atomic E-state index is -0.486. The molecule has 21 heavy (non-hydrogen) atoms. The Morgan fingerprint density at radius 2 is 1.90 bits per heavy atom. The Bertz CT molecular complexity index is 478. The number of amides is 1. The molecule has 1 heterocycles. The molecule has 1 aromatic carbocycles. The summed E-state index contributed by atoms with van der Waals surface area (Å²) in [4.78, 5) is 15.0. The number of nitrogens with zero attached hydrogens (tertiary/aromatic N) is 1. The van der Waals surface area contributed by atoms with E-state index in [1.807, 2.05) is 38.1 Å². The van der Waals surface area contributed by atoms with Crippen molar-refractivity contribution in [1.82, 2.24) is 4.90 Å². The first-order valence-corrected chi connectivity index (χ1v) is 8.10. The maximum Gasteiger partial charge on any atom is 0.232 e. The summed E-state index contributed by atoms with van der Waals surface area (Å²) in [6, 6.07) is 7.69. The van der Waals surface area contributed by atoms with Crippen LogP contribution in [0.4, 0.5) is 5.69 Å². The second kappa shape index (κ2) is 6.50. The molecule has 1 unspecified atom stereocenters. The zero-order valence-electron chi connectivity index (χ0n) is 13.6. The van der Waals surface area contributed by atoms with Crippen LogP contribution in [0.3, 0.4) is 0 Å². The molecule has 1 aliphatic heterocycles. The van der Waals surface area contributed by atoms with Crippen molar-refractivity contribution in [1.29, 1.82) is 0 Å². The molecule has 0 radical (unpaired) electrons. The lowest BCUT2D eigenvalue weighted by molar-refractivity contribution is -0.136. The summed E-state index contributed by atoms with van der Waals surface area (Å²) in [6.07, 6.45) is 4.74. The summed E-state index contributed by atoms with van der Waals surface area (Å²) < 4.78 is 0. The van der Waals surface area contributed by atoms with Gasteiger partial charge in [-0.05, 0) is 56.7 Å². The van der Waals surface area contributed by atoms with E-state index in [1.165, 1.54) is 12.8 Å². The molecule has 1 fully saturated rings. The Morgan fingerprint density at radius 3 is 2.52 bits per heavy atom. The number of likely N-dealkylation sites (tertiary alicyclic amines) is 1. The quantitative estimate of drug-likeness (QED) is 0.864. The Morgan fingerprint density at radius 1 is 1.24 bits per heavy atom. The van der Waals surface area contributed by atoms with E-state index in [1.54, 1.807) is 0 Å². The highest BCUT2D eigenvalue weighted by Gasteiger charge is 2.34. The van der Waals surface area contributed by atoms with Gasteiger partial charge in [-0.1, -0.05) is 25.5 Å². The number of nitrogen functional groups attached to an aromatic ring is 1. The summed E-state index contributed by atoms with van der Waals surface area (Å²) in [7, 11) is 0. The smallest absolute Gasteiger partial charge is 0.232 e. The van der Waals surface area contributed by atoms with Crippen molar-refractivity contribution in [3.8, 4) is 0 Å². The van der Waals surface area contributed by atoms with Crippen LogP contribution in [0.15, 0.2) is 24.3 Å². The van der Waals surface area contributed by atoms with Gasteiger partial charge in [0.05, 0.1) is 5.41 Å². The summed E-state index contributed by atoms with van der Waals surface area (Å²) in [5.74, 6) is 1.02. The van der Waals surface area contributed by atoms with Gasteiger partial charge in [-0.2, -0.15) is 0 Å². The van der Waals surface area contributed by atoms with Gasteiger partial charge in [0.1, 0.15) is 0 Å². The van der Waals surface area contributed by atoms with Crippen molar-refractivity contribution in [2.75, 3.05) is 18.8 Å². The molecular formula is C18H28N2O. The fourth-order valence-electron chi connectivity index (χ4n) is 3.20. The third kappa shape index (κ3) is 3.58. The molecule has 2 rings (SSSR count). The highest BCUT2D eigenvalue weighted by molar-refractivity contribution is 5.87. The van der Waals surface area contributed by atoms with Crippen LogP contribution in [0, 0.1) is 5.92 Å². The van der Waals surface area contributed by atoms with Crippen LogP contribution in [0.25, 0.3) is 0 Å². The summed E-state index contributed by atoms with van der Waals surface area (Å²) in [6.45, 7) is 8.08. The van der Waals surface area contributed by atoms with Gasteiger partial charge in [0, 0.05) is 18.8 Å². The molecule has 1 atom stereocenters. The summed E-state index contributed by atoms with van der Waals surface area (Å²) in [5, 5.41) is 0. The molecule has 1 saturated heterocycles. The van der Waals surface area contributed by atoms with Gasteiger partial charge in [0.15, 0.2) is 0 Å². The number of rotatable bonds is 3. The highest BCUT2D eigenvalue weighted by atomic mass is 16.2. The van der Waals surface area contributed by atoms with Crippen molar-refractivity contribution in [3.63, 3.8) is 0 Å². The molecule has 2 N–H and O–H groups in total. The van der Waals surface area contributed by atoms with Gasteiger partial charge >= 0.3 is 0 Å². The van der Waals surface area contributed by atoms with Gasteiger partial charge < -0.3 is 10.6 Å². The Labute approximate surface area is 128 Å². The van der Waals surface area contributed by atoms with E-state index in [2.05, 4.69) is 11.8 Å². The predicted octanol–water partition coefficient (Wildman–Crippen LogP) is 3.59. The first kappa shape index (κ1) is 15.9. The van der Waals surface area contributed by atoms with Crippen LogP contribution < -0.4 is 5.73 Å². The highest BCUT2D eigenvalue weighted by Crippen LogP contribution is 2.29. The number of carbonyl (C=O) groups excluding carboxylic acids is 1. The lowest BCUT2D eigenvalue weighted by atomic mass is 9.83. The van der Waals surface area contributed by atoms with E-state index in [0.717, 1.165) is 43.1 Å². The van der Waals surface area contributed by atoms with Crippen molar-refractivity contribution in [3.05, 3.63) is 29.8 Å². The standard InChI is InChI=1S/C18H28N2O/c1-4-14-6-5-12-20(13-11-14)17(21)18(2,3)15-7-9-16(19)10-8-15/h7-10,14H,4-6,11-13,19H2,1-3H3. The van der Waals surface area contributed by atoms with E-state index in [0.29, 0.717) is 0 Å². The number of hydrogen-bond acceptors (Lipinski definition) is 2. The van der Waals surface area contributed by atoms with E-state index in [9.17, 15) is 4.79 Å². The van der Waals surface area contributed by atoms with E-state index in [4.69, 9.17) is 5.73 Å². The zero-order valence-corrected chi connectivity index (χ0v) is 13.6. The van der Waals surface area contributed by atoms with Crippen LogP contribution in [0.1, 0.15) is 52.0 Å². The molecular weight excluding hydrogens is 260 g/mol. The summed E-state index contributed by atoms with van der Waals surface area (Å²) in [5.41, 5.74) is 7.04. The lowest BCUT2D eigenvalue weighted by Gasteiger charge is -2.32. The van der Waals surface area contributed by atoms with E-state index >= 15 is 0 Å². The largest absolute Gasteiger partial charge is 0.399 e. The monoisotopic (exact) mass is 288 g/mol. The van der Waals surface area contributed by atoms with Crippen molar-refractivity contribution >= 4 is 11.6 Å². The number of anilines is 1. The normalized spacial score (nSPS) is 20.1. The summed E-state index contributed by atoms with van der Waals surface area (Å²) >= 11 is 0. The van der Waals surface area contributed by atoms with E-state index in [-0.39, 0.29) is 5.91 Å². The Balaban J connectivity index is 2.12. The lowest BCUT2D eigenvalue weighted by Crippen LogP contribution is -2.44. The maximum atomic E-state index is 12.9. The van der Waals surface area contributed by atoms with Crippen molar-refractivity contribution < 1.29 is 4.79 Å². The topological polar surface area (TPSA) is 46.3 Å². The van der Waals surface area contributed by atoms with Crippen molar-refractivity contribution in [2.45, 2.75) is 51.9 Å². The van der Waals surface area contributed by atoms with E-state index < -0.39 is 5.41 Å². The fourth-order valence-corrected chi connectivity index (χ4v) is 3.20. The second-order valence-electron chi connectivity index (χ2n) is 6.74. The zero-order chi connectivity index (χ0) is 15.5. The van der Waals surface area contributed by atoms with Gasteiger partial charge in [-0.25, -0.2) is 0 Å². The minimum Gasteiger partial charge on any atom is -0.399 e. The number of benzene rings is 1. The van der Waals surface area contributed by atoms with Crippen LogP contribution in [0.2, 0.25) is 0 Å². The molecule has 3 heteroatoms. The molecule has 1 aliphatic rings. The molecule has 116 valence electrons.